The molecule has 0 unspecified atom stereocenters. The summed E-state index contributed by atoms with van der Waals surface area (Å²) in [7, 11) is 0. The Balaban J connectivity index is 1.75. The van der Waals surface area contributed by atoms with E-state index in [1.54, 1.807) is 12.1 Å². The summed E-state index contributed by atoms with van der Waals surface area (Å²) in [6.45, 7) is 6.39. The van der Waals surface area contributed by atoms with E-state index in [0.29, 0.717) is 30.3 Å². The number of carbonyl (C=O) groups excluding carboxylic acids is 2. The van der Waals surface area contributed by atoms with E-state index in [1.807, 2.05) is 13.0 Å². The fraction of sp³-hybridized carbons (Fsp3) is 0.500. The van der Waals surface area contributed by atoms with E-state index in [-0.39, 0.29) is 11.8 Å². The summed E-state index contributed by atoms with van der Waals surface area (Å²) in [5.41, 5.74) is 0.611. The maximum absolute atomic E-state index is 12.2. The van der Waals surface area contributed by atoms with Crippen LogP contribution in [0.3, 0.4) is 0 Å². The molecule has 8 heteroatoms. The second-order valence-corrected chi connectivity index (χ2v) is 7.00. The molecule has 1 aliphatic heterocycles. The van der Waals surface area contributed by atoms with Crippen molar-refractivity contribution in [2.45, 2.75) is 6.92 Å². The van der Waals surface area contributed by atoms with E-state index in [2.05, 4.69) is 36.4 Å². The Bertz CT molecular complexity index is 591. The lowest BCUT2D eigenvalue weighted by atomic mass is 10.3. The second-order valence-electron chi connectivity index (χ2n) is 5.68. The Labute approximate surface area is 155 Å². The topological polar surface area (TPSA) is 64.7 Å². The van der Waals surface area contributed by atoms with Crippen molar-refractivity contribution in [2.75, 3.05) is 51.1 Å². The molecule has 1 aromatic carbocycles. The smallest absolute Gasteiger partial charge is 0.238 e. The first-order valence-corrected chi connectivity index (χ1v) is 9.11. The van der Waals surface area contributed by atoms with Crippen molar-refractivity contribution >= 4 is 45.0 Å². The van der Waals surface area contributed by atoms with Gasteiger partial charge in [-0.25, -0.2) is 0 Å². The van der Waals surface area contributed by atoms with Crippen LogP contribution in [-0.2, 0) is 9.59 Å². The molecule has 2 rings (SSSR count). The predicted octanol–water partition coefficient (Wildman–Crippen LogP) is 1.79. The lowest BCUT2D eigenvalue weighted by Gasteiger charge is -2.33. The van der Waals surface area contributed by atoms with Crippen molar-refractivity contribution in [2.24, 2.45) is 0 Å². The average molecular weight is 418 g/mol. The number of halogens is 2. The molecule has 1 aromatic rings. The molecule has 1 saturated heterocycles. The minimum atomic E-state index is -0.0867. The Morgan fingerprint density at radius 2 is 1.71 bits per heavy atom. The van der Waals surface area contributed by atoms with Crippen LogP contribution in [0.5, 0.6) is 0 Å². The number of carbonyl (C=O) groups is 2. The standard InChI is InChI=1S/C16H22BrClN4O2/c1-2-19-15(23)10-21-5-7-22(8-6-21)11-16(24)20-14-4-3-12(17)9-13(14)18/h3-4,9H,2,5-8,10-11H2,1H3,(H,19,23)(H,20,24). The van der Waals surface area contributed by atoms with Crippen molar-refractivity contribution in [3.05, 3.63) is 27.7 Å². The maximum atomic E-state index is 12.2. The third kappa shape index (κ3) is 6.05. The van der Waals surface area contributed by atoms with E-state index in [9.17, 15) is 9.59 Å². The van der Waals surface area contributed by atoms with Gasteiger partial charge in [0.25, 0.3) is 0 Å². The summed E-state index contributed by atoms with van der Waals surface area (Å²) in [6.07, 6.45) is 0. The van der Waals surface area contributed by atoms with Crippen LogP contribution in [0.4, 0.5) is 5.69 Å². The summed E-state index contributed by atoms with van der Waals surface area (Å²) in [5.74, 6) is -0.0371. The third-order valence-electron chi connectivity index (χ3n) is 3.78. The fourth-order valence-electron chi connectivity index (χ4n) is 2.55. The van der Waals surface area contributed by atoms with Crippen LogP contribution < -0.4 is 10.6 Å². The van der Waals surface area contributed by atoms with E-state index in [4.69, 9.17) is 11.6 Å². The highest BCUT2D eigenvalue weighted by Crippen LogP contribution is 2.25. The highest BCUT2D eigenvalue weighted by molar-refractivity contribution is 9.10. The summed E-state index contributed by atoms with van der Waals surface area (Å²) in [4.78, 5) is 27.9. The molecule has 0 radical (unpaired) electrons. The summed E-state index contributed by atoms with van der Waals surface area (Å²) in [6, 6.07) is 5.35. The number of hydrogen-bond donors (Lipinski definition) is 2. The molecule has 0 aromatic heterocycles. The van der Waals surface area contributed by atoms with E-state index in [1.165, 1.54) is 0 Å². The number of nitrogens with one attached hydrogen (secondary N) is 2. The maximum Gasteiger partial charge on any atom is 0.238 e. The number of likely N-dealkylation sites (N-methyl/N-ethyl adjacent to an activating group) is 1. The molecule has 24 heavy (non-hydrogen) atoms. The number of benzene rings is 1. The minimum Gasteiger partial charge on any atom is -0.355 e. The quantitative estimate of drug-likeness (QED) is 0.741. The Hall–Kier alpha value is -1.15. The number of nitrogens with zero attached hydrogens (tertiary/aromatic N) is 2. The van der Waals surface area contributed by atoms with Gasteiger partial charge in [0.05, 0.1) is 23.8 Å². The van der Waals surface area contributed by atoms with Gasteiger partial charge in [-0.1, -0.05) is 27.5 Å². The zero-order chi connectivity index (χ0) is 17.5. The molecule has 0 bridgehead atoms. The number of piperazine rings is 1. The lowest BCUT2D eigenvalue weighted by Crippen LogP contribution is -2.51. The van der Waals surface area contributed by atoms with Crippen LogP contribution in [0.15, 0.2) is 22.7 Å². The zero-order valence-electron chi connectivity index (χ0n) is 13.6. The van der Waals surface area contributed by atoms with Crippen LogP contribution in [0.25, 0.3) is 0 Å². The second kappa shape index (κ2) is 9.36. The minimum absolute atomic E-state index is 0.0496. The number of anilines is 1. The molecule has 2 N–H and O–H groups in total. The Kier molecular flexibility index (Phi) is 7.48. The molecule has 0 atom stereocenters. The lowest BCUT2D eigenvalue weighted by molar-refractivity contribution is -0.123. The van der Waals surface area contributed by atoms with Crippen LogP contribution >= 0.6 is 27.5 Å². The monoisotopic (exact) mass is 416 g/mol. The van der Waals surface area contributed by atoms with Crippen molar-refractivity contribution in [3.8, 4) is 0 Å². The average Bonchev–Trinajstić information content (AvgIpc) is 2.52. The van der Waals surface area contributed by atoms with Gasteiger partial charge in [-0.05, 0) is 25.1 Å². The normalized spacial score (nSPS) is 16.0. The predicted molar refractivity (Wildman–Crippen MR) is 99.3 cm³/mol. The molecule has 1 fully saturated rings. The van der Waals surface area contributed by atoms with E-state index >= 15 is 0 Å². The van der Waals surface area contributed by atoms with Gasteiger partial charge in [-0.2, -0.15) is 0 Å². The Morgan fingerprint density at radius 1 is 1.12 bits per heavy atom. The van der Waals surface area contributed by atoms with Gasteiger partial charge in [0, 0.05) is 37.2 Å². The zero-order valence-corrected chi connectivity index (χ0v) is 16.0. The first-order valence-electron chi connectivity index (χ1n) is 7.94. The van der Waals surface area contributed by atoms with Crippen molar-refractivity contribution < 1.29 is 9.59 Å². The van der Waals surface area contributed by atoms with Crippen molar-refractivity contribution in [3.63, 3.8) is 0 Å². The fourth-order valence-corrected chi connectivity index (χ4v) is 3.27. The molecular weight excluding hydrogens is 396 g/mol. The van der Waals surface area contributed by atoms with Crippen LogP contribution in [0.2, 0.25) is 5.02 Å². The van der Waals surface area contributed by atoms with Crippen LogP contribution in [0, 0.1) is 0 Å². The summed E-state index contributed by atoms with van der Waals surface area (Å²) >= 11 is 9.44. The molecule has 0 spiro atoms. The SMILES string of the molecule is CCNC(=O)CN1CCN(CC(=O)Nc2ccc(Br)cc2Cl)CC1. The van der Waals surface area contributed by atoms with E-state index in [0.717, 1.165) is 30.7 Å². The number of amides is 2. The Morgan fingerprint density at radius 3 is 2.25 bits per heavy atom. The molecule has 2 amide bonds. The first kappa shape index (κ1) is 19.2. The van der Waals surface area contributed by atoms with Gasteiger partial charge >= 0.3 is 0 Å². The largest absolute Gasteiger partial charge is 0.355 e. The van der Waals surface area contributed by atoms with Crippen molar-refractivity contribution in [1.82, 2.24) is 15.1 Å². The highest BCUT2D eigenvalue weighted by atomic mass is 79.9. The van der Waals surface area contributed by atoms with Crippen LogP contribution in [-0.4, -0.2) is 67.4 Å². The molecule has 1 aliphatic rings. The van der Waals surface area contributed by atoms with Crippen molar-refractivity contribution in [1.29, 1.82) is 0 Å². The molecule has 1 heterocycles. The van der Waals surface area contributed by atoms with Gasteiger partial charge in [0.1, 0.15) is 0 Å². The van der Waals surface area contributed by atoms with Gasteiger partial charge in [-0.3, -0.25) is 19.4 Å². The first-order chi connectivity index (χ1) is 11.5. The number of rotatable bonds is 6. The summed E-state index contributed by atoms with van der Waals surface area (Å²) in [5, 5.41) is 6.14. The molecule has 0 saturated carbocycles. The van der Waals surface area contributed by atoms with Gasteiger partial charge in [0.15, 0.2) is 0 Å². The van der Waals surface area contributed by atoms with Gasteiger partial charge in [0.2, 0.25) is 11.8 Å². The highest BCUT2D eigenvalue weighted by Gasteiger charge is 2.20. The van der Waals surface area contributed by atoms with Gasteiger partial charge in [-0.15, -0.1) is 0 Å². The summed E-state index contributed by atoms with van der Waals surface area (Å²) < 4.78 is 0.869. The molecule has 132 valence electrons. The molecule has 0 aliphatic carbocycles. The van der Waals surface area contributed by atoms with Gasteiger partial charge < -0.3 is 10.6 Å². The molecular formula is C16H22BrClN4O2. The third-order valence-corrected chi connectivity index (χ3v) is 4.58. The van der Waals surface area contributed by atoms with E-state index < -0.39 is 0 Å². The van der Waals surface area contributed by atoms with Crippen LogP contribution in [0.1, 0.15) is 6.92 Å². The number of hydrogen-bond acceptors (Lipinski definition) is 4. The molecule has 6 nitrogen and oxygen atoms in total.